The maximum atomic E-state index is 6.11. The Bertz CT molecular complexity index is 509. The third-order valence-electron chi connectivity index (χ3n) is 2.36. The zero-order chi connectivity index (χ0) is 11.7. The van der Waals surface area contributed by atoms with Crippen molar-refractivity contribution >= 4 is 27.5 Å². The van der Waals surface area contributed by atoms with Crippen molar-refractivity contribution < 1.29 is 4.42 Å². The van der Waals surface area contributed by atoms with Crippen LogP contribution in [0, 0.1) is 6.92 Å². The van der Waals surface area contributed by atoms with Crippen molar-refractivity contribution in [3.8, 4) is 0 Å². The van der Waals surface area contributed by atoms with Gasteiger partial charge in [0.15, 0.2) is 0 Å². The average molecular weight is 301 g/mol. The Labute approximate surface area is 108 Å². The van der Waals surface area contributed by atoms with Crippen molar-refractivity contribution in [3.63, 3.8) is 0 Å². The second kappa shape index (κ2) is 4.62. The van der Waals surface area contributed by atoms with Crippen LogP contribution in [0.1, 0.15) is 23.1 Å². The minimum atomic E-state index is -0.335. The van der Waals surface area contributed by atoms with Crippen LogP contribution in [-0.4, -0.2) is 0 Å². The molecule has 2 rings (SSSR count). The van der Waals surface area contributed by atoms with Crippen LogP contribution < -0.4 is 5.73 Å². The maximum absolute atomic E-state index is 6.11. The molecule has 1 unspecified atom stereocenters. The normalized spacial score (nSPS) is 12.8. The monoisotopic (exact) mass is 299 g/mol. The summed E-state index contributed by atoms with van der Waals surface area (Å²) in [4.78, 5) is 0. The molecule has 0 radical (unpaired) electrons. The van der Waals surface area contributed by atoms with Gasteiger partial charge in [-0.3, -0.25) is 0 Å². The predicted molar refractivity (Wildman–Crippen MR) is 68.6 cm³/mol. The van der Waals surface area contributed by atoms with Gasteiger partial charge >= 0.3 is 0 Å². The highest BCUT2D eigenvalue weighted by Gasteiger charge is 2.15. The van der Waals surface area contributed by atoms with E-state index in [-0.39, 0.29) is 6.04 Å². The Hall–Kier alpha value is -0.770. The fourth-order valence-electron chi connectivity index (χ4n) is 1.53. The highest BCUT2D eigenvalue weighted by molar-refractivity contribution is 9.10. The number of furan rings is 1. The van der Waals surface area contributed by atoms with E-state index in [9.17, 15) is 0 Å². The molecule has 0 bridgehead atoms. The van der Waals surface area contributed by atoms with Crippen molar-refractivity contribution in [2.24, 2.45) is 5.73 Å². The molecule has 0 saturated carbocycles. The Morgan fingerprint density at radius 2 is 2.06 bits per heavy atom. The minimum absolute atomic E-state index is 0.335. The van der Waals surface area contributed by atoms with Gasteiger partial charge in [-0.2, -0.15) is 0 Å². The third-order valence-corrected chi connectivity index (χ3v) is 3.20. The molecule has 16 heavy (non-hydrogen) atoms. The zero-order valence-corrected chi connectivity index (χ0v) is 11.0. The fourth-order valence-corrected chi connectivity index (χ4v) is 2.14. The van der Waals surface area contributed by atoms with E-state index in [4.69, 9.17) is 21.8 Å². The van der Waals surface area contributed by atoms with E-state index >= 15 is 0 Å². The SMILES string of the molecule is Cc1ccc(C(N)c2cc(Br)ccc2Cl)o1. The number of nitrogens with two attached hydrogens (primary N) is 1. The summed E-state index contributed by atoms with van der Waals surface area (Å²) in [6.07, 6.45) is 0. The summed E-state index contributed by atoms with van der Waals surface area (Å²) in [5.74, 6) is 1.56. The lowest BCUT2D eigenvalue weighted by atomic mass is 10.1. The van der Waals surface area contributed by atoms with Gasteiger partial charge in [-0.1, -0.05) is 27.5 Å². The van der Waals surface area contributed by atoms with E-state index in [0.717, 1.165) is 21.6 Å². The Morgan fingerprint density at radius 1 is 1.31 bits per heavy atom. The van der Waals surface area contributed by atoms with Gasteiger partial charge < -0.3 is 10.2 Å². The number of rotatable bonds is 2. The quantitative estimate of drug-likeness (QED) is 0.908. The summed E-state index contributed by atoms with van der Waals surface area (Å²) in [7, 11) is 0. The van der Waals surface area contributed by atoms with Crippen LogP contribution in [0.15, 0.2) is 39.2 Å². The zero-order valence-electron chi connectivity index (χ0n) is 8.71. The molecule has 0 aliphatic rings. The maximum Gasteiger partial charge on any atom is 0.125 e. The van der Waals surface area contributed by atoms with Crippen LogP contribution in [0.25, 0.3) is 0 Å². The first-order valence-corrected chi connectivity index (χ1v) is 6.02. The first kappa shape index (κ1) is 11.7. The van der Waals surface area contributed by atoms with Gasteiger partial charge in [-0.05, 0) is 42.8 Å². The van der Waals surface area contributed by atoms with Crippen LogP contribution in [-0.2, 0) is 0 Å². The highest BCUT2D eigenvalue weighted by atomic mass is 79.9. The molecule has 0 spiro atoms. The molecule has 2 aromatic rings. The topological polar surface area (TPSA) is 39.2 Å². The van der Waals surface area contributed by atoms with Gasteiger partial charge in [0.25, 0.3) is 0 Å². The molecule has 1 aromatic carbocycles. The van der Waals surface area contributed by atoms with Gasteiger partial charge in [0, 0.05) is 9.50 Å². The molecular weight excluding hydrogens is 289 g/mol. The van der Waals surface area contributed by atoms with E-state index in [1.165, 1.54) is 0 Å². The third kappa shape index (κ3) is 2.32. The molecule has 0 saturated heterocycles. The summed E-state index contributed by atoms with van der Waals surface area (Å²) in [6, 6.07) is 9.03. The second-order valence-electron chi connectivity index (χ2n) is 3.59. The molecule has 4 heteroatoms. The molecule has 2 nitrogen and oxygen atoms in total. The second-order valence-corrected chi connectivity index (χ2v) is 4.91. The van der Waals surface area contributed by atoms with Crippen LogP contribution >= 0.6 is 27.5 Å². The fraction of sp³-hybridized carbons (Fsp3) is 0.167. The molecule has 84 valence electrons. The summed E-state index contributed by atoms with van der Waals surface area (Å²) in [5.41, 5.74) is 6.95. The summed E-state index contributed by atoms with van der Waals surface area (Å²) in [6.45, 7) is 1.89. The molecular formula is C12H11BrClNO. The lowest BCUT2D eigenvalue weighted by Crippen LogP contribution is -2.11. The van der Waals surface area contributed by atoms with Crippen LogP contribution in [0.3, 0.4) is 0 Å². The lowest BCUT2D eigenvalue weighted by molar-refractivity contribution is 0.466. The van der Waals surface area contributed by atoms with E-state index in [0.29, 0.717) is 5.02 Å². The van der Waals surface area contributed by atoms with Gasteiger partial charge in [-0.25, -0.2) is 0 Å². The van der Waals surface area contributed by atoms with Crippen LogP contribution in [0.4, 0.5) is 0 Å². The predicted octanol–water partition coefficient (Wildman–Crippen LogP) is 4.05. The van der Waals surface area contributed by atoms with E-state index in [1.807, 2.05) is 37.3 Å². The number of halogens is 2. The first-order valence-electron chi connectivity index (χ1n) is 4.85. The number of hydrogen-bond donors (Lipinski definition) is 1. The first-order chi connectivity index (χ1) is 7.58. The number of aryl methyl sites for hydroxylation is 1. The van der Waals surface area contributed by atoms with Crippen molar-refractivity contribution in [2.75, 3.05) is 0 Å². The van der Waals surface area contributed by atoms with E-state index < -0.39 is 0 Å². The highest BCUT2D eigenvalue weighted by Crippen LogP contribution is 2.29. The smallest absolute Gasteiger partial charge is 0.125 e. The average Bonchev–Trinajstić information content (AvgIpc) is 2.67. The molecule has 0 aliphatic heterocycles. The molecule has 1 atom stereocenters. The van der Waals surface area contributed by atoms with E-state index in [2.05, 4.69) is 15.9 Å². The van der Waals surface area contributed by atoms with Gasteiger partial charge in [0.1, 0.15) is 11.5 Å². The summed E-state index contributed by atoms with van der Waals surface area (Å²) in [5, 5.41) is 0.643. The minimum Gasteiger partial charge on any atom is -0.464 e. The molecule has 1 heterocycles. The van der Waals surface area contributed by atoms with Crippen LogP contribution in [0.5, 0.6) is 0 Å². The van der Waals surface area contributed by atoms with Crippen molar-refractivity contribution in [2.45, 2.75) is 13.0 Å². The molecule has 1 aromatic heterocycles. The molecule has 0 fully saturated rings. The van der Waals surface area contributed by atoms with Gasteiger partial charge in [0.2, 0.25) is 0 Å². The largest absolute Gasteiger partial charge is 0.464 e. The Balaban J connectivity index is 2.40. The van der Waals surface area contributed by atoms with E-state index in [1.54, 1.807) is 0 Å². The molecule has 2 N–H and O–H groups in total. The van der Waals surface area contributed by atoms with Gasteiger partial charge in [0.05, 0.1) is 6.04 Å². The molecule has 0 aliphatic carbocycles. The Kier molecular flexibility index (Phi) is 3.38. The van der Waals surface area contributed by atoms with Crippen LogP contribution in [0.2, 0.25) is 5.02 Å². The van der Waals surface area contributed by atoms with Crippen molar-refractivity contribution in [1.29, 1.82) is 0 Å². The number of benzene rings is 1. The van der Waals surface area contributed by atoms with Crippen molar-refractivity contribution in [3.05, 3.63) is 56.9 Å². The summed E-state index contributed by atoms with van der Waals surface area (Å²) < 4.78 is 6.45. The summed E-state index contributed by atoms with van der Waals surface area (Å²) >= 11 is 9.50. The molecule has 0 amide bonds. The standard InChI is InChI=1S/C12H11BrClNO/c1-7-2-5-11(16-7)12(15)9-6-8(13)3-4-10(9)14/h2-6,12H,15H2,1H3. The lowest BCUT2D eigenvalue weighted by Gasteiger charge is -2.11. The van der Waals surface area contributed by atoms with Gasteiger partial charge in [-0.15, -0.1) is 0 Å². The number of hydrogen-bond acceptors (Lipinski definition) is 2. The Morgan fingerprint density at radius 3 is 2.69 bits per heavy atom. The van der Waals surface area contributed by atoms with Crippen molar-refractivity contribution in [1.82, 2.24) is 0 Å².